The summed E-state index contributed by atoms with van der Waals surface area (Å²) >= 11 is 0. The molecule has 7 heteroatoms. The molecule has 0 bridgehead atoms. The molecule has 174 valence electrons. The van der Waals surface area contributed by atoms with Gasteiger partial charge in [-0.2, -0.15) is 0 Å². The van der Waals surface area contributed by atoms with Gasteiger partial charge in [0.1, 0.15) is 5.69 Å². The van der Waals surface area contributed by atoms with Crippen molar-refractivity contribution in [3.8, 4) is 5.75 Å². The van der Waals surface area contributed by atoms with Gasteiger partial charge in [0, 0.05) is 18.4 Å². The van der Waals surface area contributed by atoms with Crippen molar-refractivity contribution in [2.45, 2.75) is 61.7 Å². The Morgan fingerprint density at radius 2 is 1.70 bits per heavy atom. The van der Waals surface area contributed by atoms with Gasteiger partial charge in [0.25, 0.3) is 5.56 Å². The lowest BCUT2D eigenvalue weighted by atomic mass is 10.1. The van der Waals surface area contributed by atoms with E-state index in [9.17, 15) is 18.3 Å². The first kappa shape index (κ1) is 23.1. The minimum Gasteiger partial charge on any atom is -0.504 e. The first-order chi connectivity index (χ1) is 15.7. The zero-order valence-corrected chi connectivity index (χ0v) is 20.1. The van der Waals surface area contributed by atoms with E-state index in [0.29, 0.717) is 23.7 Å². The summed E-state index contributed by atoms with van der Waals surface area (Å²) in [5, 5.41) is 11.2. The number of benzene rings is 2. The van der Waals surface area contributed by atoms with Gasteiger partial charge in [-0.3, -0.25) is 4.79 Å². The summed E-state index contributed by atoms with van der Waals surface area (Å²) in [5.41, 5.74) is 2.98. The van der Waals surface area contributed by atoms with Gasteiger partial charge >= 0.3 is 0 Å². The lowest BCUT2D eigenvalue weighted by molar-refractivity contribution is 0.455. The molecule has 2 N–H and O–H groups in total. The van der Waals surface area contributed by atoms with Crippen LogP contribution in [0.1, 0.15) is 55.3 Å². The van der Waals surface area contributed by atoms with Crippen LogP contribution in [0, 0.1) is 6.92 Å². The highest BCUT2D eigenvalue weighted by Gasteiger charge is 2.31. The van der Waals surface area contributed by atoms with E-state index in [1.54, 1.807) is 24.1 Å². The quantitative estimate of drug-likeness (QED) is 0.476. The van der Waals surface area contributed by atoms with Gasteiger partial charge in [-0.05, 0) is 68.4 Å². The highest BCUT2D eigenvalue weighted by Crippen LogP contribution is 2.42. The number of rotatable bonds is 8. The van der Waals surface area contributed by atoms with Crippen molar-refractivity contribution in [3.05, 3.63) is 75.7 Å². The van der Waals surface area contributed by atoms with E-state index in [2.05, 4.69) is 4.98 Å². The largest absolute Gasteiger partial charge is 0.504 e. The molecule has 1 aliphatic rings. The second-order valence-corrected chi connectivity index (χ2v) is 10.7. The number of H-pyrrole nitrogens is 1. The predicted octanol–water partition coefficient (Wildman–Crippen LogP) is 5.21. The summed E-state index contributed by atoms with van der Waals surface area (Å²) in [6, 6.07) is 14.3. The Kier molecular flexibility index (Phi) is 6.34. The maximum Gasteiger partial charge on any atom is 0.271 e. The third kappa shape index (κ3) is 4.55. The first-order valence-electron chi connectivity index (χ1n) is 11.4. The summed E-state index contributed by atoms with van der Waals surface area (Å²) in [4.78, 5) is 16.8. The second-order valence-electron chi connectivity index (χ2n) is 8.80. The van der Waals surface area contributed by atoms with Crippen LogP contribution in [0.4, 0.5) is 11.4 Å². The lowest BCUT2D eigenvalue weighted by Gasteiger charge is -2.25. The average molecular weight is 467 g/mol. The van der Waals surface area contributed by atoms with Crippen molar-refractivity contribution < 1.29 is 13.5 Å². The molecule has 0 atom stereocenters. The summed E-state index contributed by atoms with van der Waals surface area (Å²) in [6.07, 6.45) is 4.42. The topological polar surface area (TPSA) is 90.5 Å². The molecule has 0 unspecified atom stereocenters. The van der Waals surface area contributed by atoms with Crippen molar-refractivity contribution in [2.75, 3.05) is 11.9 Å². The summed E-state index contributed by atoms with van der Waals surface area (Å²) in [5.74, 6) is -0.0228. The molecule has 1 aliphatic carbocycles. The number of aryl methyl sites for hydroxylation is 2. The third-order valence-corrected chi connectivity index (χ3v) is 8.05. The molecule has 0 saturated heterocycles. The Bertz CT molecular complexity index is 1310. The number of hydrogen-bond acceptors (Lipinski definition) is 5. The molecule has 3 aromatic rings. The van der Waals surface area contributed by atoms with Crippen molar-refractivity contribution in [1.82, 2.24) is 4.98 Å². The molecule has 4 rings (SSSR count). The zero-order chi connectivity index (χ0) is 23.8. The monoisotopic (exact) mass is 466 g/mol. The number of nitrogens with one attached hydrogen (secondary N) is 1. The molecule has 33 heavy (non-hydrogen) atoms. The van der Waals surface area contributed by atoms with Crippen LogP contribution in [-0.4, -0.2) is 25.6 Å². The minimum absolute atomic E-state index is 0.00190. The van der Waals surface area contributed by atoms with Crippen LogP contribution in [0.3, 0.4) is 0 Å². The Balaban J connectivity index is 1.85. The number of pyridine rings is 1. The van der Waals surface area contributed by atoms with E-state index in [4.69, 9.17) is 0 Å². The second kappa shape index (κ2) is 9.06. The predicted molar refractivity (Wildman–Crippen MR) is 130 cm³/mol. The number of aromatic hydroxyl groups is 1. The molecule has 1 fully saturated rings. The van der Waals surface area contributed by atoms with E-state index < -0.39 is 26.0 Å². The molecule has 1 aromatic heterocycles. The molecule has 0 radical (unpaired) electrons. The fraction of sp³-hybridized carbons (Fsp3) is 0.346. The molecule has 0 amide bonds. The van der Waals surface area contributed by atoms with Gasteiger partial charge in [0.2, 0.25) is 9.84 Å². The summed E-state index contributed by atoms with van der Waals surface area (Å²) < 4.78 is 26.9. The van der Waals surface area contributed by atoms with Crippen LogP contribution in [0.2, 0.25) is 0 Å². The minimum atomic E-state index is -4.22. The van der Waals surface area contributed by atoms with Gasteiger partial charge < -0.3 is 15.0 Å². The van der Waals surface area contributed by atoms with E-state index >= 15 is 0 Å². The maximum absolute atomic E-state index is 13.5. The van der Waals surface area contributed by atoms with Gasteiger partial charge in [0.05, 0.1) is 4.90 Å². The fourth-order valence-electron chi connectivity index (χ4n) is 4.11. The van der Waals surface area contributed by atoms with Crippen LogP contribution >= 0.6 is 0 Å². The molecule has 6 nitrogen and oxygen atoms in total. The Hall–Kier alpha value is -3.06. The van der Waals surface area contributed by atoms with Crippen LogP contribution in [0.5, 0.6) is 5.75 Å². The third-order valence-electron chi connectivity index (χ3n) is 6.24. The molecule has 2 aromatic carbocycles. The molecular formula is C26H30N2O4S. The van der Waals surface area contributed by atoms with Crippen molar-refractivity contribution in [3.63, 3.8) is 0 Å². The highest BCUT2D eigenvalue weighted by molar-refractivity contribution is 7.91. The number of unbranched alkanes of at least 4 members (excludes halogenated alkanes) is 1. The Labute approximate surface area is 194 Å². The number of sulfone groups is 1. The number of hydrogen-bond donors (Lipinski definition) is 2. The smallest absolute Gasteiger partial charge is 0.271 e. The summed E-state index contributed by atoms with van der Waals surface area (Å²) in [6.45, 7) is 4.01. The average Bonchev–Trinajstić information content (AvgIpc) is 3.63. The van der Waals surface area contributed by atoms with Crippen LogP contribution < -0.4 is 10.5 Å². The lowest BCUT2D eigenvalue weighted by Crippen LogP contribution is -2.24. The van der Waals surface area contributed by atoms with Gasteiger partial charge in [-0.25, -0.2) is 8.42 Å². The Morgan fingerprint density at radius 3 is 2.27 bits per heavy atom. The molecular weight excluding hydrogens is 436 g/mol. The Morgan fingerprint density at radius 1 is 1.06 bits per heavy atom. The number of aromatic nitrogens is 1. The standard InChI is InChI=1S/C26H30N2O4S/c1-4-5-6-22-23(28(3)20-13-7-17(2)8-14-20)24(29)25(26(30)27-22)33(31,32)21-15-11-19(12-16-21)18-9-10-18/h7-8,11-16,18H,4-6,9-10H2,1-3H3,(H2,27,29,30). The van der Waals surface area contributed by atoms with Crippen molar-refractivity contribution in [1.29, 1.82) is 0 Å². The van der Waals surface area contributed by atoms with E-state index in [-0.39, 0.29) is 4.90 Å². The molecule has 0 spiro atoms. The van der Waals surface area contributed by atoms with Crippen LogP contribution in [0.25, 0.3) is 0 Å². The van der Waals surface area contributed by atoms with Crippen LogP contribution in [0.15, 0.2) is 63.1 Å². The van der Waals surface area contributed by atoms with Crippen molar-refractivity contribution in [2.24, 2.45) is 0 Å². The maximum atomic E-state index is 13.5. The van der Waals surface area contributed by atoms with Gasteiger partial charge in [-0.15, -0.1) is 0 Å². The molecule has 0 aliphatic heterocycles. The summed E-state index contributed by atoms with van der Waals surface area (Å²) in [7, 11) is -2.47. The van der Waals surface area contributed by atoms with Crippen molar-refractivity contribution >= 4 is 21.2 Å². The van der Waals surface area contributed by atoms with Gasteiger partial charge in [-0.1, -0.05) is 43.2 Å². The number of aromatic amines is 1. The first-order valence-corrected chi connectivity index (χ1v) is 12.9. The van der Waals surface area contributed by atoms with Gasteiger partial charge in [0.15, 0.2) is 10.6 Å². The van der Waals surface area contributed by atoms with E-state index in [0.717, 1.165) is 42.5 Å². The normalized spacial score (nSPS) is 13.8. The molecule has 1 saturated carbocycles. The fourth-order valence-corrected chi connectivity index (χ4v) is 5.48. The SMILES string of the molecule is CCCCc1[nH]c(=O)c(S(=O)(=O)c2ccc(C3CC3)cc2)c(O)c1N(C)c1ccc(C)cc1. The van der Waals surface area contributed by atoms with Crippen LogP contribution in [-0.2, 0) is 16.3 Å². The molecule has 1 heterocycles. The highest BCUT2D eigenvalue weighted by atomic mass is 32.2. The number of anilines is 2. The number of nitrogens with zero attached hydrogens (tertiary/aromatic N) is 1. The zero-order valence-electron chi connectivity index (χ0n) is 19.3. The van der Waals surface area contributed by atoms with E-state index in [1.165, 1.54) is 12.1 Å². The van der Waals surface area contributed by atoms with E-state index in [1.807, 2.05) is 38.1 Å².